The van der Waals surface area contributed by atoms with Crippen molar-refractivity contribution in [2.24, 2.45) is 10.4 Å². The molecule has 3 aliphatic carbocycles. The first-order valence-corrected chi connectivity index (χ1v) is 14.0. The van der Waals surface area contributed by atoms with Crippen molar-refractivity contribution in [2.45, 2.75) is 63.8 Å². The average molecular weight is 547 g/mol. The summed E-state index contributed by atoms with van der Waals surface area (Å²) in [5.74, 6) is 1.77. The predicted octanol–water partition coefficient (Wildman–Crippen LogP) is 4.99. The Hall–Kier alpha value is -1.87. The van der Waals surface area contributed by atoms with Crippen LogP contribution in [0.3, 0.4) is 0 Å². The fourth-order valence-electron chi connectivity index (χ4n) is 5.88. The molecule has 2 saturated carbocycles. The van der Waals surface area contributed by atoms with E-state index in [1.807, 2.05) is 25.1 Å². The summed E-state index contributed by atoms with van der Waals surface area (Å²) in [6.07, 6.45) is 13.2. The van der Waals surface area contributed by atoms with Crippen LogP contribution in [-0.2, 0) is 4.74 Å². The Morgan fingerprint density at radius 1 is 1.28 bits per heavy atom. The standard InChI is InChI=1S/C25H27FIN3O2/c1-15-23(32-19-4-3-12-28-16(19)2)27-11-13-29-24(15)30-20-9-10-25(20)21(30)14-22(25)31-18-7-5-17(26)6-8-18/h3-7,12-13,18,20-22H,8-11,14H2,1-2H3. The molecule has 5 nitrogen and oxygen atoms in total. The number of nitrogens with zero attached hydrogens (tertiary/aromatic N) is 3. The van der Waals surface area contributed by atoms with Gasteiger partial charge in [-0.2, -0.15) is 0 Å². The van der Waals surface area contributed by atoms with Gasteiger partial charge in [0, 0.05) is 39.9 Å². The van der Waals surface area contributed by atoms with Crippen molar-refractivity contribution in [3.63, 3.8) is 0 Å². The van der Waals surface area contributed by atoms with Gasteiger partial charge in [0.15, 0.2) is 3.69 Å². The van der Waals surface area contributed by atoms with Gasteiger partial charge >= 0.3 is 0 Å². The Morgan fingerprint density at radius 3 is 2.91 bits per heavy atom. The molecule has 2 aliphatic heterocycles. The van der Waals surface area contributed by atoms with E-state index in [-0.39, 0.29) is 44.2 Å². The van der Waals surface area contributed by atoms with E-state index in [1.165, 1.54) is 24.5 Å². The molecule has 6 rings (SSSR count). The lowest BCUT2D eigenvalue weighted by atomic mass is 9.41. The monoisotopic (exact) mass is 547 g/mol. The summed E-state index contributed by atoms with van der Waals surface area (Å²) < 4.78 is 28.2. The number of pyridine rings is 1. The summed E-state index contributed by atoms with van der Waals surface area (Å²) in [4.78, 5) is 11.8. The topological polar surface area (TPSA) is 47.0 Å². The number of halogens is 2. The highest BCUT2D eigenvalue weighted by molar-refractivity contribution is 14.2. The molecule has 168 valence electrons. The van der Waals surface area contributed by atoms with Crippen LogP contribution in [-0.4, -0.2) is 48.5 Å². The van der Waals surface area contributed by atoms with Gasteiger partial charge in [-0.3, -0.25) is 4.98 Å². The lowest BCUT2D eigenvalue weighted by Crippen LogP contribution is -2.87. The molecule has 1 spiro atoms. The minimum atomic E-state index is -0.270. The molecule has 5 atom stereocenters. The Kier molecular flexibility index (Phi) is 5.09. The van der Waals surface area contributed by atoms with Gasteiger partial charge in [-0.25, -0.2) is 9.38 Å². The molecule has 1 aromatic rings. The van der Waals surface area contributed by atoms with Gasteiger partial charge in [0.1, 0.15) is 17.4 Å². The Balaban J connectivity index is 1.20. The minimum Gasteiger partial charge on any atom is -0.449 e. The highest BCUT2D eigenvalue weighted by atomic mass is 127. The smallest absolute Gasteiger partial charge is 0.161 e. The molecule has 3 fully saturated rings. The summed E-state index contributed by atoms with van der Waals surface area (Å²) in [5.41, 5.74) is 2.35. The van der Waals surface area contributed by atoms with Crippen molar-refractivity contribution >= 4 is 30.6 Å². The van der Waals surface area contributed by atoms with E-state index in [0.29, 0.717) is 18.5 Å². The molecule has 0 bridgehead atoms. The normalized spacial score (nSPS) is 35.2. The van der Waals surface area contributed by atoms with E-state index in [9.17, 15) is 4.39 Å². The number of aromatic nitrogens is 1. The molecule has 0 radical (unpaired) electrons. The summed E-state index contributed by atoms with van der Waals surface area (Å²) in [7, 11) is 0. The number of alkyl halides is 1. The SMILES string of the molecule is CC1=C(N2C3CCC34C(OC3C=CC(F)=CC3)CC24)N=CCI=C1Oc1cccnc1C. The van der Waals surface area contributed by atoms with Crippen LogP contribution in [0.4, 0.5) is 4.39 Å². The molecule has 32 heavy (non-hydrogen) atoms. The van der Waals surface area contributed by atoms with E-state index in [4.69, 9.17) is 14.5 Å². The van der Waals surface area contributed by atoms with E-state index in [1.54, 1.807) is 12.3 Å². The third kappa shape index (κ3) is 3.07. The van der Waals surface area contributed by atoms with Crippen molar-refractivity contribution in [1.29, 1.82) is 0 Å². The number of ether oxygens (including phenoxy) is 2. The van der Waals surface area contributed by atoms with Crippen molar-refractivity contribution in [2.75, 3.05) is 4.43 Å². The fourth-order valence-corrected chi connectivity index (χ4v) is 7.88. The molecule has 0 N–H and O–H groups in total. The number of aryl methyl sites for hydroxylation is 1. The lowest BCUT2D eigenvalue weighted by molar-refractivity contribution is -0.324. The highest BCUT2D eigenvalue weighted by Gasteiger charge is 2.76. The number of allylic oxidation sites excluding steroid dienone is 2. The number of rotatable bonds is 5. The third-order valence-electron chi connectivity index (χ3n) is 7.67. The summed E-state index contributed by atoms with van der Waals surface area (Å²) in [6, 6.07) is 4.90. The van der Waals surface area contributed by atoms with E-state index >= 15 is 0 Å². The molecule has 0 aromatic carbocycles. The molecule has 7 heteroatoms. The zero-order valence-electron chi connectivity index (χ0n) is 18.3. The molecule has 1 saturated heterocycles. The van der Waals surface area contributed by atoms with Crippen LogP contribution in [0.15, 0.2) is 58.8 Å². The van der Waals surface area contributed by atoms with Gasteiger partial charge < -0.3 is 14.4 Å². The second-order valence-electron chi connectivity index (χ2n) is 9.18. The van der Waals surface area contributed by atoms with E-state index in [2.05, 4.69) is 23.0 Å². The number of hydrogen-bond donors (Lipinski definition) is 0. The lowest BCUT2D eigenvalue weighted by Gasteiger charge is -2.79. The number of aliphatic imine (C=N–C) groups is 1. The van der Waals surface area contributed by atoms with E-state index < -0.39 is 0 Å². The quantitative estimate of drug-likeness (QED) is 0.385. The number of piperidine rings is 2. The molecular formula is C25H27FIN3O2. The maximum absolute atomic E-state index is 13.3. The van der Waals surface area contributed by atoms with Gasteiger partial charge in [-0.05, 0) is 63.8 Å². The van der Waals surface area contributed by atoms with Crippen LogP contribution in [0.2, 0.25) is 0 Å². The summed E-state index contributed by atoms with van der Waals surface area (Å²) >= 11 is -0.270. The minimum absolute atomic E-state index is 0.00258. The third-order valence-corrected chi connectivity index (χ3v) is 10.2. The fraction of sp³-hybridized carbons (Fsp3) is 0.480. The maximum Gasteiger partial charge on any atom is 0.161 e. The number of likely N-dealkylation sites (tertiary alicyclic amines) is 1. The first-order chi connectivity index (χ1) is 15.6. The van der Waals surface area contributed by atoms with Gasteiger partial charge in [-0.15, -0.1) is 0 Å². The van der Waals surface area contributed by atoms with Gasteiger partial charge in [0.05, 0.1) is 17.9 Å². The van der Waals surface area contributed by atoms with Gasteiger partial charge in [0.2, 0.25) is 0 Å². The van der Waals surface area contributed by atoms with Gasteiger partial charge in [-0.1, -0.05) is 26.8 Å². The second kappa shape index (κ2) is 7.87. The van der Waals surface area contributed by atoms with Crippen molar-refractivity contribution in [3.8, 4) is 5.75 Å². The zero-order valence-corrected chi connectivity index (χ0v) is 20.5. The molecule has 0 amide bonds. The van der Waals surface area contributed by atoms with E-state index in [0.717, 1.165) is 31.8 Å². The predicted molar refractivity (Wildman–Crippen MR) is 132 cm³/mol. The first kappa shape index (κ1) is 20.7. The molecule has 1 aromatic heterocycles. The van der Waals surface area contributed by atoms with Crippen molar-refractivity contribution < 1.29 is 13.9 Å². The molecule has 5 unspecified atom stereocenters. The van der Waals surface area contributed by atoms with Crippen molar-refractivity contribution in [1.82, 2.24) is 9.88 Å². The van der Waals surface area contributed by atoms with Crippen LogP contribution in [0.5, 0.6) is 5.75 Å². The largest absolute Gasteiger partial charge is 0.449 e. The highest BCUT2D eigenvalue weighted by Crippen LogP contribution is 2.70. The van der Waals surface area contributed by atoms with Crippen LogP contribution in [0.25, 0.3) is 0 Å². The Bertz CT molecular complexity index is 1100. The van der Waals surface area contributed by atoms with Crippen LogP contribution in [0, 0.1) is 12.3 Å². The molecule has 5 aliphatic rings. The van der Waals surface area contributed by atoms with Crippen LogP contribution < -0.4 is 4.74 Å². The Labute approximate surface area is 197 Å². The average Bonchev–Trinajstić information content (AvgIpc) is 2.93. The second-order valence-corrected chi connectivity index (χ2v) is 11.8. The van der Waals surface area contributed by atoms with Gasteiger partial charge in [0.25, 0.3) is 0 Å². The Morgan fingerprint density at radius 2 is 2.19 bits per heavy atom. The molecular weight excluding hydrogens is 520 g/mol. The molecule has 3 heterocycles. The van der Waals surface area contributed by atoms with Crippen LogP contribution >= 0.6 is 20.7 Å². The summed E-state index contributed by atoms with van der Waals surface area (Å²) in [6.45, 7) is 4.15. The summed E-state index contributed by atoms with van der Waals surface area (Å²) in [5, 5.41) is 0. The number of hydrogen-bond acceptors (Lipinski definition) is 5. The van der Waals surface area contributed by atoms with Crippen LogP contribution in [0.1, 0.15) is 38.3 Å². The maximum atomic E-state index is 13.3. The zero-order chi connectivity index (χ0) is 21.9. The first-order valence-electron chi connectivity index (χ1n) is 11.3. The van der Waals surface area contributed by atoms with Crippen molar-refractivity contribution in [3.05, 3.63) is 59.5 Å².